The average molecular weight is 236 g/mol. The molecule has 2 heterocycles. The van der Waals surface area contributed by atoms with Crippen molar-refractivity contribution in [1.82, 2.24) is 30.3 Å². The van der Waals surface area contributed by atoms with Gasteiger partial charge in [-0.1, -0.05) is 0 Å². The van der Waals surface area contributed by atoms with E-state index in [0.29, 0.717) is 17.4 Å². The van der Waals surface area contributed by atoms with Crippen LogP contribution in [0.4, 0.5) is 0 Å². The minimum absolute atomic E-state index is 0.276. The third-order valence-electron chi connectivity index (χ3n) is 2.16. The minimum atomic E-state index is -0.291. The van der Waals surface area contributed by atoms with Gasteiger partial charge >= 0.3 is 0 Å². The van der Waals surface area contributed by atoms with Crippen molar-refractivity contribution in [1.29, 1.82) is 0 Å². The third kappa shape index (κ3) is 2.41. The van der Waals surface area contributed by atoms with Crippen LogP contribution < -0.4 is 10.1 Å². The largest absolute Gasteiger partial charge is 0.481 e. The monoisotopic (exact) mass is 236 g/mol. The number of carbonyl (C=O) groups is 1. The van der Waals surface area contributed by atoms with E-state index in [0.717, 1.165) is 0 Å². The van der Waals surface area contributed by atoms with E-state index >= 15 is 0 Å². The van der Waals surface area contributed by atoms with Crippen LogP contribution in [0, 0.1) is 0 Å². The molecule has 0 spiro atoms. The van der Waals surface area contributed by atoms with Gasteiger partial charge in [0.1, 0.15) is 12.2 Å². The zero-order chi connectivity index (χ0) is 12.3. The quantitative estimate of drug-likeness (QED) is 0.744. The van der Waals surface area contributed by atoms with Gasteiger partial charge in [0.25, 0.3) is 5.91 Å². The molecule has 0 radical (unpaired) electrons. The van der Waals surface area contributed by atoms with Crippen LogP contribution in [0.25, 0.3) is 0 Å². The Bertz CT molecular complexity index is 504. The van der Waals surface area contributed by atoms with E-state index in [-0.39, 0.29) is 12.5 Å². The predicted molar refractivity (Wildman–Crippen MR) is 57.3 cm³/mol. The van der Waals surface area contributed by atoms with E-state index in [2.05, 4.69) is 25.6 Å². The maximum absolute atomic E-state index is 11.7. The summed E-state index contributed by atoms with van der Waals surface area (Å²) < 4.78 is 6.51. The standard InChI is InChI=1S/C9H12N6O2/c1-15-8(17-2)3-6(14-15)9(16)10-4-7-11-5-12-13-7/h3,5H,4H2,1-2H3,(H,10,16)(H,11,12,13). The van der Waals surface area contributed by atoms with Crippen LogP contribution in [0.5, 0.6) is 5.88 Å². The van der Waals surface area contributed by atoms with Gasteiger partial charge in [-0.25, -0.2) is 9.67 Å². The van der Waals surface area contributed by atoms with E-state index in [4.69, 9.17) is 4.74 Å². The molecule has 2 aromatic rings. The molecule has 0 aliphatic rings. The first-order valence-corrected chi connectivity index (χ1v) is 4.91. The number of nitrogens with zero attached hydrogens (tertiary/aromatic N) is 4. The summed E-state index contributed by atoms with van der Waals surface area (Å²) in [4.78, 5) is 15.6. The highest BCUT2D eigenvalue weighted by molar-refractivity contribution is 5.92. The number of methoxy groups -OCH3 is 1. The lowest BCUT2D eigenvalue weighted by molar-refractivity contribution is 0.0944. The number of rotatable bonds is 4. The number of nitrogens with one attached hydrogen (secondary N) is 2. The molecule has 1 amide bonds. The molecule has 0 aromatic carbocycles. The maximum atomic E-state index is 11.7. The van der Waals surface area contributed by atoms with E-state index in [1.807, 2.05) is 0 Å². The lowest BCUT2D eigenvalue weighted by Gasteiger charge is -1.98. The second-order valence-corrected chi connectivity index (χ2v) is 3.31. The second kappa shape index (κ2) is 4.64. The number of hydrogen-bond donors (Lipinski definition) is 2. The first kappa shape index (κ1) is 11.1. The summed E-state index contributed by atoms with van der Waals surface area (Å²) in [7, 11) is 3.22. The van der Waals surface area contributed by atoms with Gasteiger partial charge in [0.15, 0.2) is 5.69 Å². The second-order valence-electron chi connectivity index (χ2n) is 3.31. The van der Waals surface area contributed by atoms with Crippen molar-refractivity contribution in [3.63, 3.8) is 0 Å². The molecular weight excluding hydrogens is 224 g/mol. The number of hydrogen-bond acceptors (Lipinski definition) is 5. The van der Waals surface area contributed by atoms with Gasteiger partial charge in [0, 0.05) is 13.1 Å². The van der Waals surface area contributed by atoms with Crippen LogP contribution in [-0.4, -0.2) is 38.0 Å². The summed E-state index contributed by atoms with van der Waals surface area (Å²) in [6.07, 6.45) is 1.38. The molecule has 2 rings (SSSR count). The van der Waals surface area contributed by atoms with Crippen molar-refractivity contribution in [2.24, 2.45) is 7.05 Å². The fourth-order valence-corrected chi connectivity index (χ4v) is 1.32. The molecule has 2 N–H and O–H groups in total. The number of aromatic nitrogens is 5. The topological polar surface area (TPSA) is 97.7 Å². The van der Waals surface area contributed by atoms with Crippen molar-refractivity contribution in [2.75, 3.05) is 7.11 Å². The van der Waals surface area contributed by atoms with Gasteiger partial charge in [-0.15, -0.1) is 0 Å². The Hall–Kier alpha value is -2.38. The molecule has 0 unspecified atom stereocenters. The van der Waals surface area contributed by atoms with Gasteiger partial charge in [-0.05, 0) is 0 Å². The minimum Gasteiger partial charge on any atom is -0.481 e. The Morgan fingerprint density at radius 3 is 3.06 bits per heavy atom. The molecule has 0 atom stereocenters. The first-order valence-electron chi connectivity index (χ1n) is 4.91. The van der Waals surface area contributed by atoms with Crippen LogP contribution in [0.15, 0.2) is 12.4 Å². The number of aryl methyl sites for hydroxylation is 1. The lowest BCUT2D eigenvalue weighted by atomic mass is 10.4. The Morgan fingerprint density at radius 1 is 1.65 bits per heavy atom. The van der Waals surface area contributed by atoms with Gasteiger partial charge in [0.2, 0.25) is 5.88 Å². The van der Waals surface area contributed by atoms with Gasteiger partial charge < -0.3 is 10.1 Å². The van der Waals surface area contributed by atoms with Gasteiger partial charge in [0.05, 0.1) is 13.7 Å². The molecule has 8 nitrogen and oxygen atoms in total. The number of aromatic amines is 1. The summed E-state index contributed by atoms with van der Waals surface area (Å²) in [6, 6.07) is 1.57. The Balaban J connectivity index is 1.99. The molecule has 17 heavy (non-hydrogen) atoms. The van der Waals surface area contributed by atoms with E-state index in [9.17, 15) is 4.79 Å². The van der Waals surface area contributed by atoms with E-state index in [1.54, 1.807) is 13.1 Å². The smallest absolute Gasteiger partial charge is 0.272 e. The zero-order valence-corrected chi connectivity index (χ0v) is 9.47. The molecule has 0 aliphatic heterocycles. The molecule has 0 saturated heterocycles. The van der Waals surface area contributed by atoms with Crippen molar-refractivity contribution in [2.45, 2.75) is 6.54 Å². The number of ether oxygens (including phenoxy) is 1. The molecule has 8 heteroatoms. The molecule has 90 valence electrons. The summed E-state index contributed by atoms with van der Waals surface area (Å²) in [6.45, 7) is 0.276. The molecule has 0 aliphatic carbocycles. The van der Waals surface area contributed by atoms with Crippen molar-refractivity contribution >= 4 is 5.91 Å². The van der Waals surface area contributed by atoms with Crippen LogP contribution in [0.1, 0.15) is 16.3 Å². The molecule has 0 saturated carbocycles. The summed E-state index contributed by atoms with van der Waals surface area (Å²) in [5.41, 5.74) is 0.295. The Morgan fingerprint density at radius 2 is 2.47 bits per heavy atom. The van der Waals surface area contributed by atoms with E-state index < -0.39 is 0 Å². The van der Waals surface area contributed by atoms with Crippen LogP contribution in [-0.2, 0) is 13.6 Å². The summed E-state index contributed by atoms with van der Waals surface area (Å²) in [5, 5.41) is 13.0. The lowest BCUT2D eigenvalue weighted by Crippen LogP contribution is -2.24. The molecule has 0 bridgehead atoms. The number of amides is 1. The van der Waals surface area contributed by atoms with Crippen molar-refractivity contribution in [3.05, 3.63) is 23.9 Å². The third-order valence-corrected chi connectivity index (χ3v) is 2.16. The van der Waals surface area contributed by atoms with Crippen molar-refractivity contribution < 1.29 is 9.53 Å². The predicted octanol–water partition coefficient (Wildman–Crippen LogP) is -0.523. The highest BCUT2D eigenvalue weighted by Crippen LogP contribution is 2.10. The van der Waals surface area contributed by atoms with Crippen molar-refractivity contribution in [3.8, 4) is 5.88 Å². The highest BCUT2D eigenvalue weighted by atomic mass is 16.5. The summed E-state index contributed by atoms with van der Waals surface area (Å²) in [5.74, 6) is 0.816. The fourth-order valence-electron chi connectivity index (χ4n) is 1.32. The highest BCUT2D eigenvalue weighted by Gasteiger charge is 2.12. The normalized spacial score (nSPS) is 10.2. The molecule has 0 fully saturated rings. The fraction of sp³-hybridized carbons (Fsp3) is 0.333. The Labute approximate surface area is 97.0 Å². The first-order chi connectivity index (χ1) is 8.20. The average Bonchev–Trinajstić information content (AvgIpc) is 2.94. The Kier molecular flexibility index (Phi) is 3.03. The van der Waals surface area contributed by atoms with Gasteiger partial charge in [-0.2, -0.15) is 10.2 Å². The van der Waals surface area contributed by atoms with Gasteiger partial charge in [-0.3, -0.25) is 9.89 Å². The maximum Gasteiger partial charge on any atom is 0.272 e. The van der Waals surface area contributed by atoms with E-state index in [1.165, 1.54) is 18.1 Å². The number of carbonyl (C=O) groups excluding carboxylic acids is 1. The molecule has 2 aromatic heterocycles. The van der Waals surface area contributed by atoms with Crippen LogP contribution in [0.3, 0.4) is 0 Å². The van der Waals surface area contributed by atoms with Crippen LogP contribution >= 0.6 is 0 Å². The zero-order valence-electron chi connectivity index (χ0n) is 9.47. The SMILES string of the molecule is COc1cc(C(=O)NCc2ncn[nH]2)nn1C. The summed E-state index contributed by atoms with van der Waals surface area (Å²) >= 11 is 0. The molecular formula is C9H12N6O2. The van der Waals surface area contributed by atoms with Crippen LogP contribution in [0.2, 0.25) is 0 Å². The number of H-pyrrole nitrogens is 1.